The van der Waals surface area contributed by atoms with Gasteiger partial charge in [-0.1, -0.05) is 103 Å². The zero-order valence-corrected chi connectivity index (χ0v) is 59.3. The molecular formula is C81H68N22O4. The second kappa shape index (κ2) is 31.3. The van der Waals surface area contributed by atoms with Gasteiger partial charge < -0.3 is 26.4 Å². The van der Waals surface area contributed by atoms with Crippen LogP contribution in [0.2, 0.25) is 0 Å². The lowest BCUT2D eigenvalue weighted by Gasteiger charge is -2.22. The molecule has 26 nitrogen and oxygen atoms in total. The van der Waals surface area contributed by atoms with E-state index in [1.807, 2.05) is 198 Å². The van der Waals surface area contributed by atoms with Gasteiger partial charge in [0.05, 0.1) is 78.1 Å². The topological polar surface area (TPSA) is 314 Å². The molecule has 9 heterocycles. The molecule has 6 aromatic carbocycles. The third-order valence-electron chi connectivity index (χ3n) is 17.6. The molecule has 107 heavy (non-hydrogen) atoms. The van der Waals surface area contributed by atoms with Crippen molar-refractivity contribution in [1.82, 2.24) is 78.7 Å². The molecule has 0 aliphatic rings. The predicted octanol–water partition coefficient (Wildman–Crippen LogP) is 14.6. The van der Waals surface area contributed by atoms with E-state index < -0.39 is 0 Å². The molecule has 15 rings (SSSR count). The smallest absolute Gasteiger partial charge is 0.316 e. The van der Waals surface area contributed by atoms with Crippen molar-refractivity contribution >= 4 is 67.2 Å². The van der Waals surface area contributed by atoms with Gasteiger partial charge in [0.1, 0.15) is 40.8 Å². The van der Waals surface area contributed by atoms with Crippen LogP contribution in [0, 0.1) is 40.8 Å². The summed E-state index contributed by atoms with van der Waals surface area (Å²) >= 11 is 0. The Bertz CT molecular complexity index is 6070. The zero-order valence-electron chi connectivity index (χ0n) is 59.3. The SMILES string of the molecule is COc1ncc(-c2cccc3nc([C@H](C)Nc4nc(N)ncc4C)n(-c4ccccc4)c(=O)c23)cn1.[C-]#[N+]c1cnc(C)nc1N[C@@H](C)c1cc2cccc(-c3ccnnc3)c2c(=O)n1-c1ccccc1.[C-]#[N+]c1cnc(C)nc1N[C@@H](C)c1cc2cccc(-c3cnc(C)nc3)c2c(=O)n1-c1ccccc1. The molecule has 0 saturated carbocycles. The van der Waals surface area contributed by atoms with Crippen LogP contribution < -0.4 is 43.1 Å². The molecule has 9 aromatic heterocycles. The highest BCUT2D eigenvalue weighted by molar-refractivity contribution is 5.98. The van der Waals surface area contributed by atoms with Crippen molar-refractivity contribution in [2.24, 2.45) is 0 Å². The quantitative estimate of drug-likeness (QED) is 0.0653. The zero-order chi connectivity index (χ0) is 74.8. The maximum Gasteiger partial charge on any atom is 0.316 e. The van der Waals surface area contributed by atoms with Crippen molar-refractivity contribution < 1.29 is 4.74 Å². The van der Waals surface area contributed by atoms with Gasteiger partial charge in [-0.25, -0.2) is 49.6 Å². The summed E-state index contributed by atoms with van der Waals surface area (Å²) < 4.78 is 10.1. The highest BCUT2D eigenvalue weighted by Gasteiger charge is 2.25. The summed E-state index contributed by atoms with van der Waals surface area (Å²) in [7, 11) is 1.50. The van der Waals surface area contributed by atoms with Crippen LogP contribution in [0.4, 0.5) is 34.8 Å². The average Bonchev–Trinajstić information content (AvgIpc) is 0.762. The number of methoxy groups -OCH3 is 1. The van der Waals surface area contributed by atoms with Gasteiger partial charge in [0.25, 0.3) is 16.7 Å². The van der Waals surface area contributed by atoms with Crippen LogP contribution in [0.25, 0.3) is 92.6 Å². The number of ether oxygens (including phenoxy) is 1. The van der Waals surface area contributed by atoms with Gasteiger partial charge in [-0.15, -0.1) is 0 Å². The Morgan fingerprint density at radius 1 is 0.430 bits per heavy atom. The molecule has 15 aromatic rings. The summed E-state index contributed by atoms with van der Waals surface area (Å²) in [5, 5.41) is 21.1. The summed E-state index contributed by atoms with van der Waals surface area (Å²) in [6.07, 6.45) is 14.7. The molecule has 0 aliphatic carbocycles. The number of fused-ring (bicyclic) bond motifs is 3. The van der Waals surface area contributed by atoms with E-state index >= 15 is 0 Å². The Hall–Kier alpha value is -14.7. The second-order valence-corrected chi connectivity index (χ2v) is 24.8. The van der Waals surface area contributed by atoms with E-state index in [0.29, 0.717) is 90.6 Å². The fourth-order valence-electron chi connectivity index (χ4n) is 12.4. The summed E-state index contributed by atoms with van der Waals surface area (Å²) in [5.41, 5.74) is 15.5. The van der Waals surface area contributed by atoms with Gasteiger partial charge in [0, 0.05) is 88.4 Å². The molecule has 5 N–H and O–H groups in total. The monoisotopic (exact) mass is 1410 g/mol. The third kappa shape index (κ3) is 15.0. The molecule has 26 heteroatoms. The highest BCUT2D eigenvalue weighted by atomic mass is 16.5. The van der Waals surface area contributed by atoms with Gasteiger partial charge in [-0.05, 0) is 137 Å². The van der Waals surface area contributed by atoms with Gasteiger partial charge in [-0.3, -0.25) is 38.1 Å². The standard InChI is InChI=1S/C28H23N7O.C27H21N7O.C26H24N8O2/c1-17(33-27-24(29-4)16-32-19(3)34-27)25-13-20-9-8-12-23(21-14-30-18(2)31-15-21)26(20)28(36)35(25)22-10-6-5-7-11-22;1-17(32-26-23(28-3)16-29-18(2)33-26)24-14-19-8-7-11-22(20-12-13-30-31-15-20)25(19)27(35)34(24)21-9-5-4-6-10-21;1-15-12-28-25(27)33-22(15)31-16(2)23-32-20-11-7-10-19(17-13-29-26(36-3)30-14-17)21(20)24(35)34(23)18-8-5-4-6-9-18/h5-17H,1-3H3,(H,32,33,34);4-17H,1-2H3,(H,29,32,33);4-14,16H,1-3H3,(H3,27,28,31,33)/t2*17-;16-/m000/s1. The Balaban J connectivity index is 0.000000142. The highest BCUT2D eigenvalue weighted by Crippen LogP contribution is 2.35. The summed E-state index contributed by atoms with van der Waals surface area (Å²) in [6.45, 7) is 28.0. The molecule has 0 fully saturated rings. The lowest BCUT2D eigenvalue weighted by Crippen LogP contribution is -2.28. The van der Waals surface area contributed by atoms with Crippen LogP contribution in [0.5, 0.6) is 6.01 Å². The van der Waals surface area contributed by atoms with Crippen LogP contribution in [0.15, 0.2) is 234 Å². The molecule has 0 unspecified atom stereocenters. The van der Waals surface area contributed by atoms with E-state index in [0.717, 1.165) is 61.4 Å². The van der Waals surface area contributed by atoms with Crippen molar-refractivity contribution in [1.29, 1.82) is 0 Å². The number of rotatable bonds is 16. The van der Waals surface area contributed by atoms with E-state index in [1.165, 1.54) is 19.5 Å². The van der Waals surface area contributed by atoms with Crippen LogP contribution in [0.1, 0.15) is 79.1 Å². The van der Waals surface area contributed by atoms with Crippen molar-refractivity contribution in [2.75, 3.05) is 28.8 Å². The molecule has 0 spiro atoms. The minimum atomic E-state index is -0.386. The molecule has 0 aliphatic heterocycles. The number of benzene rings is 6. The van der Waals surface area contributed by atoms with Crippen molar-refractivity contribution in [3.8, 4) is 56.5 Å². The number of pyridine rings is 2. The number of nitrogens with two attached hydrogens (primary N) is 1. The fraction of sp³-hybridized carbons (Fsp3) is 0.136. The normalized spacial score (nSPS) is 11.8. The first-order valence-corrected chi connectivity index (χ1v) is 33.8. The van der Waals surface area contributed by atoms with Gasteiger partial charge in [-0.2, -0.15) is 15.2 Å². The van der Waals surface area contributed by atoms with Crippen molar-refractivity contribution in [2.45, 2.75) is 66.6 Å². The van der Waals surface area contributed by atoms with Crippen LogP contribution >= 0.6 is 0 Å². The number of para-hydroxylation sites is 3. The van der Waals surface area contributed by atoms with E-state index in [9.17, 15) is 14.4 Å². The molecule has 0 amide bonds. The van der Waals surface area contributed by atoms with Crippen LogP contribution in [-0.2, 0) is 0 Å². The first-order chi connectivity index (χ1) is 52.0. The largest absolute Gasteiger partial charge is 0.467 e. The van der Waals surface area contributed by atoms with Gasteiger partial charge >= 0.3 is 6.01 Å². The summed E-state index contributed by atoms with van der Waals surface area (Å²) in [6, 6.07) is 50.6. The molecule has 3 atom stereocenters. The van der Waals surface area contributed by atoms with E-state index in [1.54, 1.807) is 70.9 Å². The number of nitrogens with one attached hydrogen (secondary N) is 3. The number of aryl methyl sites for hydroxylation is 4. The summed E-state index contributed by atoms with van der Waals surface area (Å²) in [4.78, 5) is 96.9. The number of nitrogens with zero attached hydrogens (tertiary/aromatic N) is 18. The third-order valence-corrected chi connectivity index (χ3v) is 17.6. The number of hydrogen-bond donors (Lipinski definition) is 4. The average molecular weight is 1410 g/mol. The number of aromatic nitrogens is 16. The lowest BCUT2D eigenvalue weighted by molar-refractivity contribution is 0.380. The van der Waals surface area contributed by atoms with Gasteiger partial charge in [0.2, 0.25) is 17.3 Å². The first kappa shape index (κ1) is 70.8. The van der Waals surface area contributed by atoms with E-state index in [2.05, 4.69) is 85.7 Å². The maximum absolute atomic E-state index is 14.2. The number of nitrogen functional groups attached to an aromatic ring is 1. The van der Waals surface area contributed by atoms with Crippen molar-refractivity contribution in [3.63, 3.8) is 0 Å². The minimum absolute atomic E-state index is 0.144. The van der Waals surface area contributed by atoms with E-state index in [-0.39, 0.29) is 46.8 Å². The molecular weight excluding hydrogens is 1350 g/mol. The molecule has 0 bridgehead atoms. The second-order valence-electron chi connectivity index (χ2n) is 24.8. The Labute approximate surface area is 613 Å². The first-order valence-electron chi connectivity index (χ1n) is 33.8. The van der Waals surface area contributed by atoms with Gasteiger partial charge in [0.15, 0.2) is 0 Å². The maximum atomic E-state index is 14.2. The fourth-order valence-corrected chi connectivity index (χ4v) is 12.4. The predicted molar refractivity (Wildman–Crippen MR) is 414 cm³/mol. The molecule has 0 saturated heterocycles. The Kier molecular flexibility index (Phi) is 20.7. The Morgan fingerprint density at radius 3 is 1.36 bits per heavy atom. The van der Waals surface area contributed by atoms with Crippen LogP contribution in [-0.4, -0.2) is 85.8 Å². The Morgan fingerprint density at radius 2 is 0.879 bits per heavy atom. The number of hydrogen-bond acceptors (Lipinski definition) is 21. The number of anilines is 4. The molecule has 0 radical (unpaired) electrons. The van der Waals surface area contributed by atoms with E-state index in [4.69, 9.17) is 28.6 Å². The lowest BCUT2D eigenvalue weighted by atomic mass is 9.99. The van der Waals surface area contributed by atoms with Crippen molar-refractivity contribution in [3.05, 3.63) is 314 Å². The summed E-state index contributed by atoms with van der Waals surface area (Å²) in [5.74, 6) is 3.91. The molecule has 526 valence electrons. The van der Waals surface area contributed by atoms with Crippen LogP contribution in [0.3, 0.4) is 0 Å². The minimum Gasteiger partial charge on any atom is -0.467 e.